The maximum atomic E-state index is 11.8. The molecule has 2 aromatic rings. The zero-order valence-corrected chi connectivity index (χ0v) is 17.7. The summed E-state index contributed by atoms with van der Waals surface area (Å²) in [6.07, 6.45) is 6.29. The van der Waals surface area contributed by atoms with Gasteiger partial charge in [-0.1, -0.05) is 6.42 Å². The van der Waals surface area contributed by atoms with Crippen LogP contribution in [0.3, 0.4) is 0 Å². The number of aromatic nitrogens is 3. The molecular formula is C20H28N6OS. The maximum Gasteiger partial charge on any atom is 0.219 e. The van der Waals surface area contributed by atoms with Gasteiger partial charge in [-0.15, -0.1) is 11.3 Å². The molecule has 2 aromatic heterocycles. The molecule has 28 heavy (non-hydrogen) atoms. The number of amides is 1. The smallest absolute Gasteiger partial charge is 0.219 e. The van der Waals surface area contributed by atoms with E-state index in [2.05, 4.69) is 22.1 Å². The van der Waals surface area contributed by atoms with Crippen LogP contribution in [0, 0.1) is 6.92 Å². The summed E-state index contributed by atoms with van der Waals surface area (Å²) in [5.41, 5.74) is 2.15. The third-order valence-electron chi connectivity index (χ3n) is 5.70. The van der Waals surface area contributed by atoms with Crippen molar-refractivity contribution in [3.05, 3.63) is 33.2 Å². The van der Waals surface area contributed by atoms with Crippen LogP contribution in [-0.4, -0.2) is 50.8 Å². The average Bonchev–Trinajstić information content (AvgIpc) is 3.11. The highest BCUT2D eigenvalue weighted by Crippen LogP contribution is 2.33. The first kappa shape index (κ1) is 19.3. The van der Waals surface area contributed by atoms with E-state index in [9.17, 15) is 4.79 Å². The number of aryl methyl sites for hydroxylation is 1. The number of fused-ring (bicyclic) bond motifs is 1. The first-order chi connectivity index (χ1) is 13.5. The van der Waals surface area contributed by atoms with Crippen molar-refractivity contribution in [3.8, 4) is 0 Å². The van der Waals surface area contributed by atoms with Crippen molar-refractivity contribution >= 4 is 23.1 Å². The molecule has 0 saturated carbocycles. The van der Waals surface area contributed by atoms with E-state index >= 15 is 0 Å². The monoisotopic (exact) mass is 400 g/mol. The van der Waals surface area contributed by atoms with Gasteiger partial charge in [-0.25, -0.2) is 15.0 Å². The molecule has 0 aliphatic carbocycles. The molecule has 0 spiro atoms. The van der Waals surface area contributed by atoms with Gasteiger partial charge in [-0.3, -0.25) is 9.69 Å². The van der Waals surface area contributed by atoms with E-state index in [4.69, 9.17) is 9.97 Å². The van der Waals surface area contributed by atoms with Crippen LogP contribution in [0.4, 0.5) is 5.82 Å². The highest BCUT2D eigenvalue weighted by molar-refractivity contribution is 7.11. The third kappa shape index (κ3) is 3.89. The van der Waals surface area contributed by atoms with Gasteiger partial charge >= 0.3 is 0 Å². The summed E-state index contributed by atoms with van der Waals surface area (Å²) in [5, 5.41) is 4.36. The number of anilines is 1. The molecule has 1 fully saturated rings. The first-order valence-corrected chi connectivity index (χ1v) is 10.8. The fourth-order valence-corrected chi connectivity index (χ4v) is 5.03. The van der Waals surface area contributed by atoms with Gasteiger partial charge in [0.2, 0.25) is 5.91 Å². The Labute approximate surface area is 170 Å². The van der Waals surface area contributed by atoms with E-state index in [1.54, 1.807) is 18.3 Å². The summed E-state index contributed by atoms with van der Waals surface area (Å²) in [6, 6.07) is 0.236. The van der Waals surface area contributed by atoms with Crippen LogP contribution < -0.4 is 5.32 Å². The lowest BCUT2D eigenvalue weighted by Gasteiger charge is -2.35. The fraction of sp³-hybridized carbons (Fsp3) is 0.600. The largest absolute Gasteiger partial charge is 0.373 e. The molecule has 2 aliphatic heterocycles. The van der Waals surface area contributed by atoms with Crippen LogP contribution in [-0.2, 0) is 24.3 Å². The van der Waals surface area contributed by atoms with Gasteiger partial charge in [-0.05, 0) is 26.3 Å². The Morgan fingerprint density at radius 2 is 2.18 bits per heavy atom. The van der Waals surface area contributed by atoms with Gasteiger partial charge in [0.05, 0.1) is 23.3 Å². The van der Waals surface area contributed by atoms with Crippen molar-refractivity contribution in [1.82, 2.24) is 24.8 Å². The molecule has 4 heterocycles. The molecule has 0 bridgehead atoms. The van der Waals surface area contributed by atoms with Crippen molar-refractivity contribution in [1.29, 1.82) is 0 Å². The highest BCUT2D eigenvalue weighted by atomic mass is 32.1. The summed E-state index contributed by atoms with van der Waals surface area (Å²) in [4.78, 5) is 31.8. The van der Waals surface area contributed by atoms with Crippen LogP contribution in [0.1, 0.15) is 59.2 Å². The van der Waals surface area contributed by atoms with Crippen molar-refractivity contribution in [3.63, 3.8) is 0 Å². The number of likely N-dealkylation sites (tertiary alicyclic amines) is 1. The van der Waals surface area contributed by atoms with E-state index in [0.717, 1.165) is 60.4 Å². The van der Waals surface area contributed by atoms with Gasteiger partial charge in [0.1, 0.15) is 11.6 Å². The van der Waals surface area contributed by atoms with Crippen molar-refractivity contribution in [2.24, 2.45) is 0 Å². The van der Waals surface area contributed by atoms with E-state index in [-0.39, 0.29) is 11.9 Å². The van der Waals surface area contributed by atoms with Crippen LogP contribution >= 0.6 is 11.3 Å². The van der Waals surface area contributed by atoms with E-state index in [1.165, 1.54) is 17.7 Å². The zero-order valence-electron chi connectivity index (χ0n) is 16.9. The fourth-order valence-electron chi connectivity index (χ4n) is 4.21. The first-order valence-electron chi connectivity index (χ1n) is 10.0. The standard InChI is InChI=1S/C20H28N6OS/c1-13-22-10-15(28-13)11-26-8-5-4-6-18(26)20-23-17-7-9-25(14(2)27)12-16(17)19(21-3)24-20/h10,18H,4-9,11-12H2,1-3H3,(H,21,23,24)/t18-/m1/s1. The maximum absolute atomic E-state index is 11.8. The summed E-state index contributed by atoms with van der Waals surface area (Å²) in [5.74, 6) is 1.89. The molecule has 150 valence electrons. The van der Waals surface area contributed by atoms with E-state index < -0.39 is 0 Å². The molecule has 0 unspecified atom stereocenters. The van der Waals surface area contributed by atoms with Crippen LogP contribution in [0.15, 0.2) is 6.20 Å². The lowest BCUT2D eigenvalue weighted by molar-refractivity contribution is -0.129. The number of nitrogens with one attached hydrogen (secondary N) is 1. The molecule has 8 heteroatoms. The minimum atomic E-state index is 0.107. The van der Waals surface area contributed by atoms with Crippen molar-refractivity contribution < 1.29 is 4.79 Å². The number of thiazole rings is 1. The number of hydrogen-bond donors (Lipinski definition) is 1. The summed E-state index contributed by atoms with van der Waals surface area (Å²) >= 11 is 1.77. The molecular weight excluding hydrogens is 372 g/mol. The van der Waals surface area contributed by atoms with Gasteiger partial charge in [-0.2, -0.15) is 0 Å². The predicted octanol–water partition coefficient (Wildman–Crippen LogP) is 2.92. The Morgan fingerprint density at radius 1 is 1.32 bits per heavy atom. The normalized spacial score (nSPS) is 20.1. The lowest BCUT2D eigenvalue weighted by Crippen LogP contribution is -2.37. The van der Waals surface area contributed by atoms with Gasteiger partial charge < -0.3 is 10.2 Å². The number of nitrogens with zero attached hydrogens (tertiary/aromatic N) is 5. The average molecular weight is 401 g/mol. The second-order valence-electron chi connectivity index (χ2n) is 7.62. The SMILES string of the molecule is CNc1nc([C@H]2CCCCN2Cc2cnc(C)s2)nc2c1CN(C(C)=O)CC2. The van der Waals surface area contributed by atoms with E-state index in [1.807, 2.05) is 18.1 Å². The second kappa shape index (κ2) is 8.13. The van der Waals surface area contributed by atoms with E-state index in [0.29, 0.717) is 6.54 Å². The van der Waals surface area contributed by atoms with Gasteiger partial charge in [0, 0.05) is 50.1 Å². The number of carbonyl (C=O) groups is 1. The molecule has 2 aliphatic rings. The molecule has 4 rings (SSSR count). The number of rotatable bonds is 4. The Kier molecular flexibility index (Phi) is 5.59. The topological polar surface area (TPSA) is 74.2 Å². The summed E-state index contributed by atoms with van der Waals surface area (Å²) in [7, 11) is 1.90. The van der Waals surface area contributed by atoms with Crippen LogP contribution in [0.2, 0.25) is 0 Å². The molecule has 1 N–H and O–H groups in total. The van der Waals surface area contributed by atoms with Gasteiger partial charge in [0.15, 0.2) is 0 Å². The Bertz CT molecular complexity index is 849. The zero-order chi connectivity index (χ0) is 19.7. The minimum absolute atomic E-state index is 0.107. The van der Waals surface area contributed by atoms with Crippen molar-refractivity contribution in [2.45, 2.75) is 58.7 Å². The Hall–Kier alpha value is -2.06. The van der Waals surface area contributed by atoms with Crippen molar-refractivity contribution in [2.75, 3.05) is 25.5 Å². The molecule has 0 radical (unpaired) electrons. The van der Waals surface area contributed by atoms with Crippen LogP contribution in [0.5, 0.6) is 0 Å². The predicted molar refractivity (Wildman–Crippen MR) is 110 cm³/mol. The van der Waals surface area contributed by atoms with Gasteiger partial charge in [0.25, 0.3) is 0 Å². The third-order valence-corrected chi connectivity index (χ3v) is 6.60. The summed E-state index contributed by atoms with van der Waals surface area (Å²) < 4.78 is 0. The summed E-state index contributed by atoms with van der Waals surface area (Å²) in [6.45, 7) is 6.98. The molecule has 1 amide bonds. The Balaban J connectivity index is 1.62. The molecule has 0 aromatic carbocycles. The van der Waals surface area contributed by atoms with Crippen LogP contribution in [0.25, 0.3) is 0 Å². The molecule has 1 atom stereocenters. The quantitative estimate of drug-likeness (QED) is 0.851. The Morgan fingerprint density at radius 3 is 2.89 bits per heavy atom. The molecule has 1 saturated heterocycles. The number of hydrogen-bond acceptors (Lipinski definition) is 7. The minimum Gasteiger partial charge on any atom is -0.373 e. The number of carbonyl (C=O) groups excluding carboxylic acids is 1. The highest BCUT2D eigenvalue weighted by Gasteiger charge is 2.30. The molecule has 7 nitrogen and oxygen atoms in total. The number of piperidine rings is 1. The second-order valence-corrected chi connectivity index (χ2v) is 8.94. The lowest BCUT2D eigenvalue weighted by atomic mass is 10.00.